The van der Waals surface area contributed by atoms with Crippen molar-refractivity contribution in [2.24, 2.45) is 4.99 Å². The van der Waals surface area contributed by atoms with Crippen LogP contribution < -0.4 is 16.0 Å². The Morgan fingerprint density at radius 3 is 2.33 bits per heavy atom. The molecule has 8 heteroatoms. The van der Waals surface area contributed by atoms with E-state index in [1.165, 1.54) is 5.56 Å². The van der Waals surface area contributed by atoms with Crippen molar-refractivity contribution in [1.29, 1.82) is 0 Å². The van der Waals surface area contributed by atoms with E-state index in [0.29, 0.717) is 19.6 Å². The summed E-state index contributed by atoms with van der Waals surface area (Å²) in [7, 11) is 0. The van der Waals surface area contributed by atoms with Crippen LogP contribution in [0.25, 0.3) is 0 Å². The maximum Gasteiger partial charge on any atom is 0.191 e. The molecular formula is C25H46IN5O2. The van der Waals surface area contributed by atoms with Crippen molar-refractivity contribution in [3.63, 3.8) is 0 Å². The molecule has 1 heterocycles. The summed E-state index contributed by atoms with van der Waals surface area (Å²) in [6.45, 7) is 16.3. The molecule has 1 fully saturated rings. The molecule has 2 rings (SSSR count). The van der Waals surface area contributed by atoms with Crippen LogP contribution in [0.3, 0.4) is 0 Å². The largest absolute Gasteiger partial charge is 0.387 e. The number of hydrogen-bond acceptors (Lipinski definition) is 5. The highest BCUT2D eigenvalue weighted by atomic mass is 127. The van der Waals surface area contributed by atoms with Gasteiger partial charge in [-0.2, -0.15) is 0 Å². The first-order valence-electron chi connectivity index (χ1n) is 12.2. The Morgan fingerprint density at radius 2 is 1.76 bits per heavy atom. The number of nitrogens with zero attached hydrogens (tertiary/aromatic N) is 2. The Labute approximate surface area is 218 Å². The lowest BCUT2D eigenvalue weighted by atomic mass is 9.91. The number of morpholine rings is 1. The maximum absolute atomic E-state index is 10.9. The van der Waals surface area contributed by atoms with Crippen molar-refractivity contribution >= 4 is 29.9 Å². The topological polar surface area (TPSA) is 81.2 Å². The normalized spacial score (nSPS) is 18.2. The van der Waals surface area contributed by atoms with E-state index in [2.05, 4.69) is 78.9 Å². The minimum Gasteiger partial charge on any atom is -0.387 e. The number of halogens is 1. The van der Waals surface area contributed by atoms with Gasteiger partial charge in [-0.25, -0.2) is 0 Å². The highest BCUT2D eigenvalue weighted by molar-refractivity contribution is 14.0. The Balaban J connectivity index is 0.00000544. The van der Waals surface area contributed by atoms with E-state index in [1.807, 2.05) is 6.92 Å². The first-order valence-corrected chi connectivity index (χ1v) is 12.2. The van der Waals surface area contributed by atoms with Gasteiger partial charge in [0.25, 0.3) is 0 Å². The Morgan fingerprint density at radius 1 is 1.12 bits per heavy atom. The lowest BCUT2D eigenvalue weighted by Gasteiger charge is -2.36. The number of nitrogens with one attached hydrogen (secondary N) is 3. The second kappa shape index (κ2) is 15.1. The van der Waals surface area contributed by atoms with E-state index >= 15 is 0 Å². The zero-order valence-electron chi connectivity index (χ0n) is 21.2. The molecule has 4 N–H and O–H groups in total. The molecule has 33 heavy (non-hydrogen) atoms. The average Bonchev–Trinajstić information content (AvgIpc) is 2.81. The summed E-state index contributed by atoms with van der Waals surface area (Å²) in [5, 5.41) is 21.4. The van der Waals surface area contributed by atoms with Crippen molar-refractivity contribution in [2.75, 3.05) is 52.5 Å². The van der Waals surface area contributed by atoms with Crippen LogP contribution in [0, 0.1) is 0 Å². The lowest BCUT2D eigenvalue weighted by Crippen LogP contribution is -2.53. The third-order valence-corrected chi connectivity index (χ3v) is 6.36. The number of guanidine groups is 1. The predicted molar refractivity (Wildman–Crippen MR) is 149 cm³/mol. The molecule has 7 nitrogen and oxygen atoms in total. The molecule has 1 aromatic carbocycles. The second-order valence-corrected chi connectivity index (χ2v) is 9.20. The molecule has 0 aromatic heterocycles. The molecule has 190 valence electrons. The molecule has 0 amide bonds. The molecule has 0 radical (unpaired) electrons. The molecule has 0 bridgehead atoms. The van der Waals surface area contributed by atoms with E-state index in [-0.39, 0.29) is 35.6 Å². The van der Waals surface area contributed by atoms with Gasteiger partial charge >= 0.3 is 0 Å². The zero-order chi connectivity index (χ0) is 23.5. The fourth-order valence-corrected chi connectivity index (χ4v) is 4.15. The Hall–Kier alpha value is -0.940. The van der Waals surface area contributed by atoms with E-state index in [1.54, 1.807) is 0 Å². The minimum atomic E-state index is -0.847. The summed E-state index contributed by atoms with van der Waals surface area (Å²) < 4.78 is 5.41. The number of β-amino-alcohol motifs (C(OH)–C–C–N with tert-alkyl or cyclic N) is 1. The monoisotopic (exact) mass is 575 g/mol. The van der Waals surface area contributed by atoms with Crippen LogP contribution in [0.2, 0.25) is 0 Å². The van der Waals surface area contributed by atoms with E-state index < -0.39 is 5.60 Å². The first-order chi connectivity index (χ1) is 15.3. The SMILES string of the molecule is CCNC(=NCC(CC)(CC)NC(C)c1ccccc1)NCC(C)(O)CN1CCOCC1.I. The van der Waals surface area contributed by atoms with Crippen LogP contribution >= 0.6 is 24.0 Å². The number of aliphatic imine (C=N–C) groups is 1. The molecule has 1 aromatic rings. The summed E-state index contributed by atoms with van der Waals surface area (Å²) >= 11 is 0. The van der Waals surface area contributed by atoms with E-state index in [0.717, 1.165) is 51.6 Å². The fraction of sp³-hybridized carbons (Fsp3) is 0.720. The molecule has 2 atom stereocenters. The summed E-state index contributed by atoms with van der Waals surface area (Å²) in [5.74, 6) is 0.746. The standard InChI is InChI=1S/C25H45N5O2.HI/c1-6-25(7-2,29-21(4)22-12-10-9-11-13-22)19-28-23(26-8-3)27-18-24(5,31)20-30-14-16-32-17-15-30;/h9-13,21,29,31H,6-8,14-20H2,1-5H3,(H2,26,27,28);1H. The van der Waals surface area contributed by atoms with Gasteiger partial charge in [0, 0.05) is 44.3 Å². The van der Waals surface area contributed by atoms with Gasteiger partial charge in [0.15, 0.2) is 5.96 Å². The van der Waals surface area contributed by atoms with Gasteiger partial charge < -0.3 is 25.8 Å². The van der Waals surface area contributed by atoms with Crippen LogP contribution in [0.15, 0.2) is 35.3 Å². The summed E-state index contributed by atoms with van der Waals surface area (Å²) in [4.78, 5) is 7.16. The molecule has 1 aliphatic rings. The number of aliphatic hydroxyl groups is 1. The third kappa shape index (κ3) is 10.5. The summed E-state index contributed by atoms with van der Waals surface area (Å²) in [6, 6.07) is 10.8. The van der Waals surface area contributed by atoms with Gasteiger partial charge in [0.2, 0.25) is 0 Å². The first kappa shape index (κ1) is 30.1. The molecule has 0 saturated carbocycles. The van der Waals surface area contributed by atoms with Crippen LogP contribution in [-0.2, 0) is 4.74 Å². The van der Waals surface area contributed by atoms with Gasteiger partial charge in [0.1, 0.15) is 0 Å². The van der Waals surface area contributed by atoms with E-state index in [9.17, 15) is 5.11 Å². The van der Waals surface area contributed by atoms with Gasteiger partial charge in [0.05, 0.1) is 25.4 Å². The molecule has 0 spiro atoms. The predicted octanol–water partition coefficient (Wildman–Crippen LogP) is 3.15. The van der Waals surface area contributed by atoms with Gasteiger partial charge in [-0.05, 0) is 39.2 Å². The number of benzene rings is 1. The summed E-state index contributed by atoms with van der Waals surface area (Å²) in [6.07, 6.45) is 1.97. The van der Waals surface area contributed by atoms with Crippen molar-refractivity contribution < 1.29 is 9.84 Å². The van der Waals surface area contributed by atoms with Crippen molar-refractivity contribution in [3.05, 3.63) is 35.9 Å². The maximum atomic E-state index is 10.9. The highest BCUT2D eigenvalue weighted by Crippen LogP contribution is 2.22. The van der Waals surface area contributed by atoms with Crippen LogP contribution in [0.4, 0.5) is 0 Å². The zero-order valence-corrected chi connectivity index (χ0v) is 23.5. The number of ether oxygens (including phenoxy) is 1. The molecule has 1 aliphatic heterocycles. The van der Waals surface area contributed by atoms with Crippen LogP contribution in [0.5, 0.6) is 0 Å². The quantitative estimate of drug-likeness (QED) is 0.174. The van der Waals surface area contributed by atoms with Gasteiger partial charge in [-0.15, -0.1) is 24.0 Å². The molecule has 0 aliphatic carbocycles. The molecular weight excluding hydrogens is 529 g/mol. The van der Waals surface area contributed by atoms with Crippen molar-refractivity contribution in [3.8, 4) is 0 Å². The Bertz CT molecular complexity index is 677. The third-order valence-electron chi connectivity index (χ3n) is 6.36. The number of rotatable bonds is 12. The van der Waals surface area contributed by atoms with E-state index in [4.69, 9.17) is 9.73 Å². The van der Waals surface area contributed by atoms with Crippen LogP contribution in [0.1, 0.15) is 59.1 Å². The number of hydrogen-bond donors (Lipinski definition) is 4. The van der Waals surface area contributed by atoms with Crippen molar-refractivity contribution in [2.45, 2.75) is 64.6 Å². The molecule has 1 saturated heterocycles. The van der Waals surface area contributed by atoms with Gasteiger partial charge in [-0.1, -0.05) is 44.2 Å². The summed E-state index contributed by atoms with van der Waals surface area (Å²) in [5.41, 5.74) is 0.348. The Kier molecular flexibility index (Phi) is 13.8. The highest BCUT2D eigenvalue weighted by Gasteiger charge is 2.29. The average molecular weight is 576 g/mol. The minimum absolute atomic E-state index is 0. The van der Waals surface area contributed by atoms with Gasteiger partial charge in [-0.3, -0.25) is 9.89 Å². The smallest absolute Gasteiger partial charge is 0.191 e. The fourth-order valence-electron chi connectivity index (χ4n) is 4.15. The molecule has 2 unspecified atom stereocenters. The van der Waals surface area contributed by atoms with Crippen molar-refractivity contribution in [1.82, 2.24) is 20.9 Å². The lowest BCUT2D eigenvalue weighted by molar-refractivity contribution is -0.0201. The van der Waals surface area contributed by atoms with Crippen LogP contribution in [-0.4, -0.2) is 79.6 Å². The second-order valence-electron chi connectivity index (χ2n) is 9.20.